The molecule has 1 unspecified atom stereocenters. The lowest BCUT2D eigenvalue weighted by molar-refractivity contribution is 0.0949. The van der Waals surface area contributed by atoms with E-state index in [9.17, 15) is 9.90 Å². The summed E-state index contributed by atoms with van der Waals surface area (Å²) in [6, 6.07) is 17.5. The Balaban J connectivity index is 1.44. The molecule has 0 spiro atoms. The summed E-state index contributed by atoms with van der Waals surface area (Å²) in [4.78, 5) is 19.5. The summed E-state index contributed by atoms with van der Waals surface area (Å²) in [5, 5.41) is 13.5. The number of phenolic OH excluding ortho intramolecular Hbond substituents is 1. The number of phenols is 1. The first-order chi connectivity index (χ1) is 15.5. The second-order valence-corrected chi connectivity index (χ2v) is 8.77. The van der Waals surface area contributed by atoms with Gasteiger partial charge in [-0.25, -0.2) is 0 Å². The second-order valence-electron chi connectivity index (χ2n) is 8.36. The van der Waals surface area contributed by atoms with Crippen molar-refractivity contribution in [2.24, 2.45) is 0 Å². The lowest BCUT2D eigenvalue weighted by Crippen LogP contribution is -2.34. The summed E-state index contributed by atoms with van der Waals surface area (Å²) in [5.74, 6) is 0.0639. The fourth-order valence-electron chi connectivity index (χ4n) is 4.33. The van der Waals surface area contributed by atoms with Gasteiger partial charge >= 0.3 is 0 Å². The van der Waals surface area contributed by atoms with Crippen LogP contribution in [-0.2, 0) is 25.8 Å². The zero-order valence-electron chi connectivity index (χ0n) is 18.2. The van der Waals surface area contributed by atoms with Crippen molar-refractivity contribution in [3.63, 3.8) is 0 Å². The molecule has 5 nitrogen and oxygen atoms in total. The zero-order valence-corrected chi connectivity index (χ0v) is 19.0. The van der Waals surface area contributed by atoms with E-state index in [4.69, 9.17) is 11.6 Å². The number of likely N-dealkylation sites (N-methyl/N-ethyl adjacent to an activating group) is 1. The molecular weight excluding hydrogens is 422 g/mol. The first-order valence-electron chi connectivity index (χ1n) is 11.0. The van der Waals surface area contributed by atoms with Gasteiger partial charge in [-0.3, -0.25) is 9.78 Å². The van der Waals surface area contributed by atoms with Gasteiger partial charge in [-0.05, 0) is 79.8 Å². The van der Waals surface area contributed by atoms with Crippen LogP contribution in [0.5, 0.6) is 5.75 Å². The summed E-state index contributed by atoms with van der Waals surface area (Å²) in [6.45, 7) is 1.34. The molecule has 1 atom stereocenters. The van der Waals surface area contributed by atoms with Crippen LogP contribution in [-0.4, -0.2) is 40.5 Å². The van der Waals surface area contributed by atoms with E-state index >= 15 is 0 Å². The predicted molar refractivity (Wildman–Crippen MR) is 127 cm³/mol. The summed E-state index contributed by atoms with van der Waals surface area (Å²) in [5.41, 5.74) is 4.95. The molecule has 0 aliphatic carbocycles. The molecule has 2 aromatic carbocycles. The third-order valence-electron chi connectivity index (χ3n) is 6.25. The van der Waals surface area contributed by atoms with E-state index in [1.807, 2.05) is 54.6 Å². The first kappa shape index (κ1) is 22.3. The molecule has 0 saturated heterocycles. The molecule has 3 aromatic rings. The number of hydrogen-bond donors (Lipinski definition) is 2. The normalized spacial score (nSPS) is 16.2. The smallest absolute Gasteiger partial charge is 0.251 e. The summed E-state index contributed by atoms with van der Waals surface area (Å²) >= 11 is 6.12. The SMILES string of the molecule is CN1CCc2cc(Cl)c(O)cc2CC1CCc1ccccc1C(=O)NCc1ccccn1. The highest BCUT2D eigenvalue weighted by atomic mass is 35.5. The van der Waals surface area contributed by atoms with Gasteiger partial charge < -0.3 is 15.3 Å². The predicted octanol–water partition coefficient (Wildman–Crippen LogP) is 4.40. The molecule has 166 valence electrons. The Morgan fingerprint density at radius 2 is 2.00 bits per heavy atom. The van der Waals surface area contributed by atoms with E-state index in [0.717, 1.165) is 49.0 Å². The minimum absolute atomic E-state index is 0.0783. The number of pyridine rings is 1. The van der Waals surface area contributed by atoms with Gasteiger partial charge in [-0.1, -0.05) is 35.9 Å². The van der Waals surface area contributed by atoms with Crippen LogP contribution in [0.4, 0.5) is 0 Å². The minimum atomic E-state index is -0.0783. The molecule has 1 aliphatic heterocycles. The van der Waals surface area contributed by atoms with Crippen molar-refractivity contribution >= 4 is 17.5 Å². The molecule has 32 heavy (non-hydrogen) atoms. The molecule has 0 radical (unpaired) electrons. The Bertz CT molecular complexity index is 1090. The Morgan fingerprint density at radius 1 is 1.19 bits per heavy atom. The van der Waals surface area contributed by atoms with E-state index in [1.54, 1.807) is 6.20 Å². The number of hydrogen-bond acceptors (Lipinski definition) is 4. The molecule has 2 heterocycles. The number of aromatic nitrogens is 1. The van der Waals surface area contributed by atoms with Crippen molar-refractivity contribution in [3.05, 3.63) is 93.8 Å². The van der Waals surface area contributed by atoms with Crippen LogP contribution in [0.3, 0.4) is 0 Å². The number of aromatic hydroxyl groups is 1. The number of rotatable bonds is 6. The van der Waals surface area contributed by atoms with Crippen LogP contribution in [0.2, 0.25) is 5.02 Å². The van der Waals surface area contributed by atoms with Crippen molar-refractivity contribution in [2.45, 2.75) is 38.3 Å². The van der Waals surface area contributed by atoms with Crippen LogP contribution in [0, 0.1) is 0 Å². The first-order valence-corrected chi connectivity index (χ1v) is 11.4. The molecule has 1 amide bonds. The van der Waals surface area contributed by atoms with E-state index < -0.39 is 0 Å². The lowest BCUT2D eigenvalue weighted by atomic mass is 9.94. The summed E-state index contributed by atoms with van der Waals surface area (Å²) < 4.78 is 0. The Morgan fingerprint density at radius 3 is 2.81 bits per heavy atom. The van der Waals surface area contributed by atoms with Gasteiger partial charge in [0.25, 0.3) is 5.91 Å². The molecular formula is C26H28ClN3O2. The number of fused-ring (bicyclic) bond motifs is 1. The van der Waals surface area contributed by atoms with Crippen molar-refractivity contribution in [3.8, 4) is 5.75 Å². The highest BCUT2D eigenvalue weighted by Crippen LogP contribution is 2.31. The molecule has 0 saturated carbocycles. The summed E-state index contributed by atoms with van der Waals surface area (Å²) in [6.07, 6.45) is 5.21. The molecule has 0 fully saturated rings. The quantitative estimate of drug-likeness (QED) is 0.585. The minimum Gasteiger partial charge on any atom is -0.506 e. The molecule has 1 aromatic heterocycles. The maximum absolute atomic E-state index is 12.9. The number of nitrogens with one attached hydrogen (secondary N) is 1. The van der Waals surface area contributed by atoms with Gasteiger partial charge in [0.15, 0.2) is 0 Å². The van der Waals surface area contributed by atoms with Crippen molar-refractivity contribution in [2.75, 3.05) is 13.6 Å². The number of carbonyl (C=O) groups is 1. The third kappa shape index (κ3) is 5.29. The number of nitrogens with zero attached hydrogens (tertiary/aromatic N) is 2. The zero-order chi connectivity index (χ0) is 22.5. The molecule has 2 N–H and O–H groups in total. The second kappa shape index (κ2) is 10.2. The molecule has 0 bridgehead atoms. The number of carbonyl (C=O) groups excluding carboxylic acids is 1. The molecule has 6 heteroatoms. The van der Waals surface area contributed by atoms with Crippen LogP contribution in [0.15, 0.2) is 60.8 Å². The van der Waals surface area contributed by atoms with Crippen molar-refractivity contribution < 1.29 is 9.90 Å². The Labute approximate surface area is 194 Å². The van der Waals surface area contributed by atoms with E-state index in [0.29, 0.717) is 23.2 Å². The number of amides is 1. The van der Waals surface area contributed by atoms with Crippen molar-refractivity contribution in [1.82, 2.24) is 15.2 Å². The largest absolute Gasteiger partial charge is 0.506 e. The maximum Gasteiger partial charge on any atom is 0.251 e. The average molecular weight is 450 g/mol. The highest BCUT2D eigenvalue weighted by Gasteiger charge is 2.23. The standard InChI is InChI=1S/C26H28ClN3O2/c1-30-13-11-19-15-24(27)25(31)16-20(19)14-22(30)10-9-18-6-2-3-8-23(18)26(32)29-17-21-7-4-5-12-28-21/h2-8,12,15-16,22,31H,9-11,13-14,17H2,1H3,(H,29,32). The van der Waals surface area contributed by atoms with Gasteiger partial charge in [-0.15, -0.1) is 0 Å². The Kier molecular flexibility index (Phi) is 7.08. The summed E-state index contributed by atoms with van der Waals surface area (Å²) in [7, 11) is 2.14. The Hall–Kier alpha value is -2.89. The molecule has 1 aliphatic rings. The highest BCUT2D eigenvalue weighted by molar-refractivity contribution is 6.32. The van der Waals surface area contributed by atoms with E-state index in [2.05, 4.69) is 22.2 Å². The number of benzene rings is 2. The number of halogens is 1. The maximum atomic E-state index is 12.9. The fourth-order valence-corrected chi connectivity index (χ4v) is 4.52. The lowest BCUT2D eigenvalue weighted by Gasteiger charge is -2.26. The fraction of sp³-hybridized carbons (Fsp3) is 0.308. The molecule has 4 rings (SSSR count). The van der Waals surface area contributed by atoms with Crippen molar-refractivity contribution in [1.29, 1.82) is 0 Å². The van der Waals surface area contributed by atoms with Gasteiger partial charge in [0, 0.05) is 24.3 Å². The van der Waals surface area contributed by atoms with Gasteiger partial charge in [-0.2, -0.15) is 0 Å². The van der Waals surface area contributed by atoms with Gasteiger partial charge in [0.2, 0.25) is 0 Å². The van der Waals surface area contributed by atoms with Gasteiger partial charge in [0.05, 0.1) is 17.3 Å². The van der Waals surface area contributed by atoms with E-state index in [1.165, 1.54) is 5.56 Å². The average Bonchev–Trinajstić information content (AvgIpc) is 2.96. The monoisotopic (exact) mass is 449 g/mol. The van der Waals surface area contributed by atoms with Gasteiger partial charge in [0.1, 0.15) is 5.75 Å². The van der Waals surface area contributed by atoms with Crippen LogP contribution >= 0.6 is 11.6 Å². The third-order valence-corrected chi connectivity index (χ3v) is 6.55. The van der Waals surface area contributed by atoms with Crippen LogP contribution < -0.4 is 5.32 Å². The topological polar surface area (TPSA) is 65.5 Å². The van der Waals surface area contributed by atoms with E-state index in [-0.39, 0.29) is 11.7 Å². The number of aryl methyl sites for hydroxylation is 1. The van der Waals surface area contributed by atoms with Crippen LogP contribution in [0.25, 0.3) is 0 Å². The van der Waals surface area contributed by atoms with Crippen LogP contribution in [0.1, 0.15) is 39.2 Å².